The van der Waals surface area contributed by atoms with Crippen LogP contribution >= 0.6 is 23.2 Å². The topological polar surface area (TPSA) is 50.4 Å². The Bertz CT molecular complexity index is 462. The molecule has 1 aliphatic rings. The molecule has 104 valence electrons. The van der Waals surface area contributed by atoms with E-state index in [2.05, 4.69) is 10.6 Å². The van der Waals surface area contributed by atoms with E-state index in [1.54, 1.807) is 6.07 Å². The molecule has 2 N–H and O–H groups in total. The average molecular weight is 303 g/mol. The fourth-order valence-electron chi connectivity index (χ4n) is 1.98. The van der Waals surface area contributed by atoms with Crippen LogP contribution in [-0.4, -0.2) is 31.7 Å². The Balaban J connectivity index is 2.02. The van der Waals surface area contributed by atoms with Gasteiger partial charge in [0.2, 0.25) is 5.91 Å². The summed E-state index contributed by atoms with van der Waals surface area (Å²) in [4.78, 5) is 12.0. The van der Waals surface area contributed by atoms with Crippen LogP contribution in [0.25, 0.3) is 0 Å². The van der Waals surface area contributed by atoms with E-state index in [4.69, 9.17) is 27.9 Å². The summed E-state index contributed by atoms with van der Waals surface area (Å²) in [7, 11) is 0. The van der Waals surface area contributed by atoms with Crippen molar-refractivity contribution in [1.82, 2.24) is 10.6 Å². The first kappa shape index (κ1) is 14.6. The summed E-state index contributed by atoms with van der Waals surface area (Å²) in [5.74, 6) is -0.0942. The number of rotatable bonds is 3. The summed E-state index contributed by atoms with van der Waals surface area (Å²) in [6.07, 6.45) is 0. The van der Waals surface area contributed by atoms with Gasteiger partial charge in [-0.1, -0.05) is 35.3 Å². The number of nitrogens with one attached hydrogen (secondary N) is 2. The summed E-state index contributed by atoms with van der Waals surface area (Å²) in [6, 6.07) is 4.87. The third-order valence-electron chi connectivity index (χ3n) is 3.04. The SMILES string of the molecule is CC(NC(=O)C1COCCN1)c1cccc(Cl)c1Cl. The second kappa shape index (κ2) is 6.57. The largest absolute Gasteiger partial charge is 0.378 e. The van der Waals surface area contributed by atoms with Crippen LogP contribution in [0.5, 0.6) is 0 Å². The minimum atomic E-state index is -0.311. The zero-order valence-corrected chi connectivity index (χ0v) is 12.1. The molecule has 1 amide bonds. The molecule has 0 saturated carbocycles. The second-order valence-electron chi connectivity index (χ2n) is 4.45. The second-order valence-corrected chi connectivity index (χ2v) is 5.24. The normalized spacial score (nSPS) is 20.9. The Kier molecular flexibility index (Phi) is 5.05. The predicted octanol–water partition coefficient (Wildman–Crippen LogP) is 2.16. The van der Waals surface area contributed by atoms with Gasteiger partial charge in [-0.25, -0.2) is 0 Å². The molecule has 0 aromatic heterocycles. The maximum absolute atomic E-state index is 12.0. The van der Waals surface area contributed by atoms with Crippen molar-refractivity contribution in [3.8, 4) is 0 Å². The molecule has 1 aromatic rings. The Hall–Kier alpha value is -0.810. The first-order valence-corrected chi connectivity index (χ1v) is 6.90. The van der Waals surface area contributed by atoms with E-state index in [1.165, 1.54) is 0 Å². The number of carbonyl (C=O) groups is 1. The monoisotopic (exact) mass is 302 g/mol. The van der Waals surface area contributed by atoms with Gasteiger partial charge in [-0.2, -0.15) is 0 Å². The number of carbonyl (C=O) groups excluding carboxylic acids is 1. The molecule has 0 aliphatic carbocycles. The lowest BCUT2D eigenvalue weighted by atomic mass is 10.1. The number of amides is 1. The Labute approximate surface area is 122 Å². The number of hydrogen-bond donors (Lipinski definition) is 2. The summed E-state index contributed by atoms with van der Waals surface area (Å²) >= 11 is 12.1. The lowest BCUT2D eigenvalue weighted by Gasteiger charge is -2.25. The molecule has 2 atom stereocenters. The van der Waals surface area contributed by atoms with Gasteiger partial charge in [0.15, 0.2) is 0 Å². The molecule has 1 aromatic carbocycles. The minimum absolute atomic E-state index is 0.0942. The van der Waals surface area contributed by atoms with E-state index < -0.39 is 0 Å². The first-order valence-electron chi connectivity index (χ1n) is 6.15. The van der Waals surface area contributed by atoms with Crippen LogP contribution in [0.3, 0.4) is 0 Å². The van der Waals surface area contributed by atoms with Gasteiger partial charge in [0.1, 0.15) is 6.04 Å². The molecule has 2 unspecified atom stereocenters. The molecule has 4 nitrogen and oxygen atoms in total. The maximum Gasteiger partial charge on any atom is 0.240 e. The van der Waals surface area contributed by atoms with Crippen LogP contribution in [0.15, 0.2) is 18.2 Å². The summed E-state index contributed by atoms with van der Waals surface area (Å²) < 4.78 is 5.26. The molecule has 0 spiro atoms. The maximum atomic E-state index is 12.0. The van der Waals surface area contributed by atoms with Crippen LogP contribution in [-0.2, 0) is 9.53 Å². The lowest BCUT2D eigenvalue weighted by Crippen LogP contribution is -2.51. The zero-order valence-electron chi connectivity index (χ0n) is 10.6. The van der Waals surface area contributed by atoms with Crippen molar-refractivity contribution in [3.05, 3.63) is 33.8 Å². The molecular formula is C13H16Cl2N2O2. The minimum Gasteiger partial charge on any atom is -0.378 e. The third-order valence-corrected chi connectivity index (χ3v) is 3.88. The molecule has 0 bridgehead atoms. The number of halogens is 2. The zero-order chi connectivity index (χ0) is 13.8. The smallest absolute Gasteiger partial charge is 0.240 e. The van der Waals surface area contributed by atoms with E-state index in [1.807, 2.05) is 19.1 Å². The quantitative estimate of drug-likeness (QED) is 0.899. The molecule has 6 heteroatoms. The Morgan fingerprint density at radius 3 is 3.00 bits per heavy atom. The Morgan fingerprint density at radius 1 is 1.53 bits per heavy atom. The van der Waals surface area contributed by atoms with Gasteiger partial charge >= 0.3 is 0 Å². The van der Waals surface area contributed by atoms with E-state index in [-0.39, 0.29) is 18.0 Å². The van der Waals surface area contributed by atoms with Gasteiger partial charge in [-0.05, 0) is 18.6 Å². The standard InChI is InChI=1S/C13H16Cl2N2O2/c1-8(9-3-2-4-10(14)12(9)15)17-13(18)11-7-19-6-5-16-11/h2-4,8,11,16H,5-7H2,1H3,(H,17,18). The van der Waals surface area contributed by atoms with Gasteiger partial charge in [-0.3, -0.25) is 4.79 Å². The third kappa shape index (κ3) is 3.60. The van der Waals surface area contributed by atoms with E-state index in [0.717, 1.165) is 5.56 Å². The van der Waals surface area contributed by atoms with Crippen molar-refractivity contribution in [1.29, 1.82) is 0 Å². The van der Waals surface area contributed by atoms with Gasteiger partial charge < -0.3 is 15.4 Å². The van der Waals surface area contributed by atoms with Crippen LogP contribution in [0.4, 0.5) is 0 Å². The highest BCUT2D eigenvalue weighted by molar-refractivity contribution is 6.42. The number of benzene rings is 1. The van der Waals surface area contributed by atoms with E-state index >= 15 is 0 Å². The van der Waals surface area contributed by atoms with Gasteiger partial charge in [0.25, 0.3) is 0 Å². The highest BCUT2D eigenvalue weighted by Crippen LogP contribution is 2.29. The van der Waals surface area contributed by atoms with Crippen LogP contribution in [0.2, 0.25) is 10.0 Å². The molecule has 2 rings (SSSR count). The summed E-state index contributed by atoms with van der Waals surface area (Å²) in [6.45, 7) is 3.59. The molecular weight excluding hydrogens is 287 g/mol. The first-order chi connectivity index (χ1) is 9.09. The number of hydrogen-bond acceptors (Lipinski definition) is 3. The van der Waals surface area contributed by atoms with Crippen molar-refractivity contribution < 1.29 is 9.53 Å². The molecule has 19 heavy (non-hydrogen) atoms. The molecule has 1 fully saturated rings. The van der Waals surface area contributed by atoms with Crippen LogP contribution in [0.1, 0.15) is 18.5 Å². The van der Waals surface area contributed by atoms with E-state index in [0.29, 0.717) is 29.8 Å². The van der Waals surface area contributed by atoms with Gasteiger partial charge in [0.05, 0.1) is 29.3 Å². The van der Waals surface area contributed by atoms with Crippen LogP contribution in [0, 0.1) is 0 Å². The number of morpholine rings is 1. The summed E-state index contributed by atoms with van der Waals surface area (Å²) in [5, 5.41) is 6.98. The van der Waals surface area contributed by atoms with Crippen molar-refractivity contribution >= 4 is 29.1 Å². The fourth-order valence-corrected chi connectivity index (χ4v) is 2.45. The molecule has 1 aliphatic heterocycles. The summed E-state index contributed by atoms with van der Waals surface area (Å²) in [5.41, 5.74) is 0.805. The van der Waals surface area contributed by atoms with Gasteiger partial charge in [-0.15, -0.1) is 0 Å². The highest BCUT2D eigenvalue weighted by atomic mass is 35.5. The van der Waals surface area contributed by atoms with Crippen molar-refractivity contribution in [2.24, 2.45) is 0 Å². The lowest BCUT2D eigenvalue weighted by molar-refractivity contribution is -0.126. The predicted molar refractivity (Wildman–Crippen MR) is 75.6 cm³/mol. The van der Waals surface area contributed by atoms with E-state index in [9.17, 15) is 4.79 Å². The molecule has 0 radical (unpaired) electrons. The van der Waals surface area contributed by atoms with Crippen molar-refractivity contribution in [3.63, 3.8) is 0 Å². The van der Waals surface area contributed by atoms with Gasteiger partial charge in [0, 0.05) is 6.54 Å². The van der Waals surface area contributed by atoms with Crippen molar-refractivity contribution in [2.75, 3.05) is 19.8 Å². The molecule has 1 saturated heterocycles. The molecule has 1 heterocycles. The van der Waals surface area contributed by atoms with Crippen molar-refractivity contribution in [2.45, 2.75) is 19.0 Å². The number of ether oxygens (including phenoxy) is 1. The van der Waals surface area contributed by atoms with Crippen LogP contribution < -0.4 is 10.6 Å². The Morgan fingerprint density at radius 2 is 2.32 bits per heavy atom. The fraction of sp³-hybridized carbons (Fsp3) is 0.462. The average Bonchev–Trinajstić information content (AvgIpc) is 2.42. The highest BCUT2D eigenvalue weighted by Gasteiger charge is 2.23.